The summed E-state index contributed by atoms with van der Waals surface area (Å²) < 4.78 is 0. The number of carbonyl (C=O) groups excluding carboxylic acids is 2. The molecule has 0 bridgehead atoms. The summed E-state index contributed by atoms with van der Waals surface area (Å²) in [5, 5.41) is 8.19. The van der Waals surface area contributed by atoms with E-state index in [1.54, 1.807) is 0 Å². The van der Waals surface area contributed by atoms with Crippen molar-refractivity contribution in [3.8, 4) is 0 Å². The molecule has 1 rings (SSSR count). The molecule has 1 aliphatic heterocycles. The maximum atomic E-state index is 11.6. The number of likely N-dealkylation sites (tertiary alicyclic amines) is 1. The molecule has 1 aliphatic rings. The number of hydrogen-bond donors (Lipinski definition) is 3. The lowest BCUT2D eigenvalue weighted by molar-refractivity contribution is -0.120. The number of nitrogens with one attached hydrogen (secondary N) is 3. The summed E-state index contributed by atoms with van der Waals surface area (Å²) in [7, 11) is 1.93. The molecular weight excluding hydrogens is 232 g/mol. The maximum Gasteiger partial charge on any atom is 0.321 e. The van der Waals surface area contributed by atoms with Crippen LogP contribution in [0.1, 0.15) is 26.2 Å². The Bertz CT molecular complexity index is 283. The van der Waals surface area contributed by atoms with Crippen molar-refractivity contribution in [2.45, 2.75) is 32.2 Å². The molecule has 0 aromatic heterocycles. The van der Waals surface area contributed by atoms with Gasteiger partial charge in [-0.1, -0.05) is 13.3 Å². The predicted octanol–water partition coefficient (Wildman–Crippen LogP) is -0.0940. The number of urea groups is 1. The van der Waals surface area contributed by atoms with Gasteiger partial charge >= 0.3 is 6.03 Å². The quantitative estimate of drug-likeness (QED) is 0.581. The van der Waals surface area contributed by atoms with Crippen LogP contribution in [-0.2, 0) is 4.79 Å². The van der Waals surface area contributed by atoms with Crippen molar-refractivity contribution in [3.63, 3.8) is 0 Å². The van der Waals surface area contributed by atoms with Crippen LogP contribution in [0.15, 0.2) is 0 Å². The number of amides is 3. The largest absolute Gasteiger partial charge is 0.338 e. The highest BCUT2D eigenvalue weighted by molar-refractivity contribution is 5.95. The minimum absolute atomic E-state index is 0.235. The first-order valence-corrected chi connectivity index (χ1v) is 6.63. The molecule has 0 aliphatic carbocycles. The average molecular weight is 256 g/mol. The highest BCUT2D eigenvalue weighted by Gasteiger charge is 2.22. The molecule has 1 saturated heterocycles. The van der Waals surface area contributed by atoms with Gasteiger partial charge in [0.05, 0.1) is 6.54 Å². The highest BCUT2D eigenvalue weighted by Crippen LogP contribution is 2.07. The van der Waals surface area contributed by atoms with E-state index in [-0.39, 0.29) is 5.91 Å². The molecule has 0 spiro atoms. The third-order valence-electron chi connectivity index (χ3n) is 3.12. The van der Waals surface area contributed by atoms with Crippen LogP contribution in [0, 0.1) is 0 Å². The second kappa shape index (κ2) is 8.05. The second-order valence-electron chi connectivity index (χ2n) is 4.67. The first kappa shape index (κ1) is 14.9. The normalized spacial score (nSPS) is 19.8. The van der Waals surface area contributed by atoms with E-state index in [0.717, 1.165) is 32.4 Å². The van der Waals surface area contributed by atoms with Crippen molar-refractivity contribution in [2.24, 2.45) is 0 Å². The Morgan fingerprint density at radius 1 is 1.39 bits per heavy atom. The number of likely N-dealkylation sites (N-methyl/N-ethyl adjacent to an activating group) is 1. The zero-order valence-corrected chi connectivity index (χ0v) is 11.3. The van der Waals surface area contributed by atoms with Crippen LogP contribution in [0.4, 0.5) is 4.79 Å². The Kier molecular flexibility index (Phi) is 6.67. The summed E-state index contributed by atoms with van der Waals surface area (Å²) in [4.78, 5) is 25.0. The number of carbonyl (C=O) groups is 2. The van der Waals surface area contributed by atoms with Gasteiger partial charge in [0.15, 0.2) is 0 Å². The van der Waals surface area contributed by atoms with Crippen molar-refractivity contribution in [3.05, 3.63) is 0 Å². The molecule has 18 heavy (non-hydrogen) atoms. The molecule has 104 valence electrons. The molecule has 0 saturated carbocycles. The van der Waals surface area contributed by atoms with Crippen molar-refractivity contribution >= 4 is 11.9 Å². The Morgan fingerprint density at radius 3 is 2.78 bits per heavy atom. The van der Waals surface area contributed by atoms with Crippen LogP contribution < -0.4 is 16.0 Å². The second-order valence-corrected chi connectivity index (χ2v) is 4.67. The molecule has 6 heteroatoms. The standard InChI is InChI=1S/C12H24N4O2/c1-3-4-6-14-12(18)15-11(17)9-16-7-5-10(8-16)13-2/h10,13H,3-9H2,1-2H3,(H2,14,15,17,18). The topological polar surface area (TPSA) is 73.5 Å². The number of imide groups is 1. The number of nitrogens with zero attached hydrogens (tertiary/aromatic N) is 1. The van der Waals surface area contributed by atoms with Gasteiger partial charge in [-0.2, -0.15) is 0 Å². The minimum atomic E-state index is -0.391. The summed E-state index contributed by atoms with van der Waals surface area (Å²) in [5.74, 6) is -0.235. The van der Waals surface area contributed by atoms with E-state index in [2.05, 4.69) is 27.8 Å². The van der Waals surface area contributed by atoms with Crippen molar-refractivity contribution in [2.75, 3.05) is 33.2 Å². The number of hydrogen-bond acceptors (Lipinski definition) is 4. The first-order chi connectivity index (χ1) is 8.65. The van der Waals surface area contributed by atoms with Gasteiger partial charge in [-0.25, -0.2) is 4.79 Å². The van der Waals surface area contributed by atoms with E-state index in [9.17, 15) is 9.59 Å². The summed E-state index contributed by atoms with van der Waals surface area (Å²) >= 11 is 0. The molecule has 1 unspecified atom stereocenters. The smallest absolute Gasteiger partial charge is 0.321 e. The van der Waals surface area contributed by atoms with Gasteiger partial charge in [0, 0.05) is 25.7 Å². The molecule has 0 aromatic carbocycles. The molecule has 1 fully saturated rings. The van der Waals surface area contributed by atoms with Crippen LogP contribution >= 0.6 is 0 Å². The van der Waals surface area contributed by atoms with Crippen molar-refractivity contribution in [1.82, 2.24) is 20.9 Å². The van der Waals surface area contributed by atoms with E-state index < -0.39 is 6.03 Å². The van der Waals surface area contributed by atoms with E-state index in [1.807, 2.05) is 7.05 Å². The summed E-state index contributed by atoms with van der Waals surface area (Å²) in [6, 6.07) is 0.0639. The van der Waals surface area contributed by atoms with Crippen LogP contribution in [0.5, 0.6) is 0 Å². The Balaban J connectivity index is 2.15. The molecular formula is C12H24N4O2. The van der Waals surface area contributed by atoms with E-state index in [0.29, 0.717) is 19.1 Å². The molecule has 0 radical (unpaired) electrons. The van der Waals surface area contributed by atoms with Gasteiger partial charge in [-0.15, -0.1) is 0 Å². The highest BCUT2D eigenvalue weighted by atomic mass is 16.2. The maximum absolute atomic E-state index is 11.6. The van der Waals surface area contributed by atoms with E-state index >= 15 is 0 Å². The van der Waals surface area contributed by atoms with Gasteiger partial charge in [0.1, 0.15) is 0 Å². The fourth-order valence-corrected chi connectivity index (χ4v) is 2.00. The predicted molar refractivity (Wildman–Crippen MR) is 70.4 cm³/mol. The van der Waals surface area contributed by atoms with Gasteiger partial charge in [0.2, 0.25) is 5.91 Å². The first-order valence-electron chi connectivity index (χ1n) is 6.63. The zero-order valence-electron chi connectivity index (χ0n) is 11.3. The SMILES string of the molecule is CCCCNC(=O)NC(=O)CN1CCC(NC)C1. The zero-order chi connectivity index (χ0) is 13.4. The fourth-order valence-electron chi connectivity index (χ4n) is 2.00. The monoisotopic (exact) mass is 256 g/mol. The lowest BCUT2D eigenvalue weighted by Crippen LogP contribution is -2.44. The summed E-state index contributed by atoms with van der Waals surface area (Å²) in [5.41, 5.74) is 0. The van der Waals surface area contributed by atoms with E-state index in [1.165, 1.54) is 0 Å². The van der Waals surface area contributed by atoms with Crippen LogP contribution in [0.3, 0.4) is 0 Å². The summed E-state index contributed by atoms with van der Waals surface area (Å²) in [6.07, 6.45) is 3.00. The Hall–Kier alpha value is -1.14. The van der Waals surface area contributed by atoms with Crippen molar-refractivity contribution in [1.29, 1.82) is 0 Å². The Labute approximate surface area is 108 Å². The molecule has 0 aromatic rings. The Morgan fingerprint density at radius 2 is 2.17 bits per heavy atom. The third-order valence-corrected chi connectivity index (χ3v) is 3.12. The lowest BCUT2D eigenvalue weighted by atomic mass is 10.3. The number of rotatable bonds is 6. The van der Waals surface area contributed by atoms with Crippen molar-refractivity contribution < 1.29 is 9.59 Å². The molecule has 3 amide bonds. The van der Waals surface area contributed by atoms with Crippen LogP contribution in [0.2, 0.25) is 0 Å². The molecule has 6 nitrogen and oxygen atoms in total. The van der Waals surface area contributed by atoms with Crippen LogP contribution in [0.25, 0.3) is 0 Å². The third kappa shape index (κ3) is 5.46. The molecule has 1 atom stereocenters. The molecule has 1 heterocycles. The summed E-state index contributed by atoms with van der Waals surface area (Å²) in [6.45, 7) is 4.72. The fraction of sp³-hybridized carbons (Fsp3) is 0.833. The minimum Gasteiger partial charge on any atom is -0.338 e. The van der Waals surface area contributed by atoms with Gasteiger partial charge in [-0.05, 0) is 19.9 Å². The van der Waals surface area contributed by atoms with E-state index in [4.69, 9.17) is 0 Å². The van der Waals surface area contributed by atoms with Gasteiger partial charge in [-0.3, -0.25) is 15.0 Å². The van der Waals surface area contributed by atoms with Gasteiger partial charge in [0.25, 0.3) is 0 Å². The molecule has 3 N–H and O–H groups in total. The average Bonchev–Trinajstić information content (AvgIpc) is 2.76. The number of unbranched alkanes of at least 4 members (excludes halogenated alkanes) is 1. The lowest BCUT2D eigenvalue weighted by Gasteiger charge is -2.15. The van der Waals surface area contributed by atoms with Gasteiger partial charge < -0.3 is 10.6 Å². The van der Waals surface area contributed by atoms with Crippen LogP contribution in [-0.4, -0.2) is 56.1 Å².